The van der Waals surface area contributed by atoms with Crippen LogP contribution in [0.1, 0.15) is 45.6 Å². The van der Waals surface area contributed by atoms with Gasteiger partial charge in [-0.3, -0.25) is 9.69 Å². The molecule has 2 rings (SSSR count). The summed E-state index contributed by atoms with van der Waals surface area (Å²) in [7, 11) is 0. The number of hydrogen-bond donors (Lipinski definition) is 2. The van der Waals surface area contributed by atoms with E-state index in [1.165, 1.54) is 19.3 Å². The van der Waals surface area contributed by atoms with Crippen LogP contribution < -0.4 is 11.1 Å². The van der Waals surface area contributed by atoms with Crippen LogP contribution in [-0.4, -0.2) is 36.0 Å². The lowest BCUT2D eigenvalue weighted by Gasteiger charge is -2.39. The number of carbonyl (C=O) groups is 1. The molecule has 0 saturated carbocycles. The summed E-state index contributed by atoms with van der Waals surface area (Å²) in [5, 5.41) is 3.01. The molecule has 128 valence electrons. The number of likely N-dealkylation sites (tertiary alicyclic amines) is 1. The van der Waals surface area contributed by atoms with E-state index in [2.05, 4.69) is 40.0 Å². The van der Waals surface area contributed by atoms with Gasteiger partial charge in [-0.1, -0.05) is 34.5 Å². The molecule has 0 radical (unpaired) electrons. The van der Waals surface area contributed by atoms with E-state index >= 15 is 0 Å². The van der Waals surface area contributed by atoms with E-state index in [-0.39, 0.29) is 5.91 Å². The van der Waals surface area contributed by atoms with Crippen LogP contribution in [0.5, 0.6) is 0 Å². The number of nitrogens with one attached hydrogen (secondary N) is 1. The van der Waals surface area contributed by atoms with Crippen molar-refractivity contribution in [3.63, 3.8) is 0 Å². The average Bonchev–Trinajstić information content (AvgIpc) is 2.50. The van der Waals surface area contributed by atoms with Crippen molar-refractivity contribution in [2.45, 2.75) is 57.7 Å². The van der Waals surface area contributed by atoms with Gasteiger partial charge in [0.15, 0.2) is 0 Å². The smallest absolute Gasteiger partial charge is 0.244 e. The number of piperidine rings is 1. The maximum absolute atomic E-state index is 12.5. The third-order valence-corrected chi connectivity index (χ3v) is 5.48. The second kappa shape index (κ2) is 7.77. The van der Waals surface area contributed by atoms with E-state index in [0.717, 1.165) is 16.6 Å². The molecule has 3 unspecified atom stereocenters. The van der Waals surface area contributed by atoms with E-state index in [1.807, 2.05) is 24.3 Å². The van der Waals surface area contributed by atoms with Crippen LogP contribution in [0.3, 0.4) is 0 Å². The van der Waals surface area contributed by atoms with Crippen LogP contribution in [0.25, 0.3) is 0 Å². The number of rotatable bonds is 5. The van der Waals surface area contributed by atoms with Gasteiger partial charge >= 0.3 is 0 Å². The molecular weight excluding hydrogens is 354 g/mol. The molecule has 1 aliphatic heterocycles. The number of nitrogens with zero attached hydrogens (tertiary/aromatic N) is 1. The Bertz CT molecular complexity index is 520. The normalized spacial score (nSPS) is 24.9. The Balaban J connectivity index is 1.89. The number of halogens is 1. The Morgan fingerprint density at radius 3 is 2.43 bits per heavy atom. The molecule has 1 aromatic rings. The molecule has 1 fully saturated rings. The van der Waals surface area contributed by atoms with E-state index in [9.17, 15) is 4.79 Å². The van der Waals surface area contributed by atoms with E-state index in [4.69, 9.17) is 5.73 Å². The molecule has 1 aliphatic rings. The molecular formula is C18H28BrN3O. The first-order valence-electron chi connectivity index (χ1n) is 8.41. The van der Waals surface area contributed by atoms with Crippen LogP contribution in [-0.2, 0) is 10.3 Å². The molecule has 1 aromatic carbocycles. The fourth-order valence-electron chi connectivity index (χ4n) is 3.32. The monoisotopic (exact) mass is 381 g/mol. The van der Waals surface area contributed by atoms with Gasteiger partial charge in [0.05, 0.1) is 0 Å². The summed E-state index contributed by atoms with van der Waals surface area (Å²) >= 11 is 3.40. The van der Waals surface area contributed by atoms with Crippen molar-refractivity contribution in [1.29, 1.82) is 0 Å². The predicted octanol–water partition coefficient (Wildman–Crippen LogP) is 3.00. The largest absolute Gasteiger partial charge is 0.353 e. The van der Waals surface area contributed by atoms with Crippen molar-refractivity contribution < 1.29 is 4.79 Å². The summed E-state index contributed by atoms with van der Waals surface area (Å²) in [4.78, 5) is 15.0. The first kappa shape index (κ1) is 18.4. The quantitative estimate of drug-likeness (QED) is 0.823. The van der Waals surface area contributed by atoms with Crippen molar-refractivity contribution in [2.75, 3.05) is 13.1 Å². The second-order valence-electron chi connectivity index (χ2n) is 6.83. The minimum Gasteiger partial charge on any atom is -0.353 e. The molecule has 4 nitrogen and oxygen atoms in total. The molecule has 23 heavy (non-hydrogen) atoms. The van der Waals surface area contributed by atoms with E-state index in [1.54, 1.807) is 6.92 Å². The third-order valence-electron chi connectivity index (χ3n) is 4.95. The lowest BCUT2D eigenvalue weighted by Crippen LogP contribution is -2.52. The maximum Gasteiger partial charge on any atom is 0.244 e. The molecule has 3 atom stereocenters. The molecule has 3 N–H and O–H groups in total. The van der Waals surface area contributed by atoms with Crippen molar-refractivity contribution in [3.8, 4) is 0 Å². The molecule has 0 bridgehead atoms. The summed E-state index contributed by atoms with van der Waals surface area (Å²) in [5.41, 5.74) is 6.07. The highest BCUT2D eigenvalue weighted by Crippen LogP contribution is 2.22. The summed E-state index contributed by atoms with van der Waals surface area (Å²) in [5.74, 6) is -0.128. The van der Waals surface area contributed by atoms with Gasteiger partial charge in [-0.25, -0.2) is 0 Å². The lowest BCUT2D eigenvalue weighted by atomic mass is 9.92. The SMILES string of the molecule is CC1CCCC(C)N1CCNC(=O)C(C)(N)c1ccc(Br)cc1. The maximum atomic E-state index is 12.5. The molecule has 0 aliphatic carbocycles. The van der Waals surface area contributed by atoms with Crippen molar-refractivity contribution in [1.82, 2.24) is 10.2 Å². The van der Waals surface area contributed by atoms with Gasteiger partial charge < -0.3 is 11.1 Å². The summed E-state index contributed by atoms with van der Waals surface area (Å²) in [6.07, 6.45) is 3.78. The topological polar surface area (TPSA) is 58.4 Å². The zero-order valence-corrected chi connectivity index (χ0v) is 15.9. The zero-order valence-electron chi connectivity index (χ0n) is 14.3. The van der Waals surface area contributed by atoms with Gasteiger partial charge in [0.1, 0.15) is 5.54 Å². The molecule has 0 aromatic heterocycles. The minimum atomic E-state index is -1.01. The van der Waals surface area contributed by atoms with Crippen molar-refractivity contribution >= 4 is 21.8 Å². The Kier molecular flexibility index (Phi) is 6.23. The number of hydrogen-bond acceptors (Lipinski definition) is 3. The van der Waals surface area contributed by atoms with Crippen LogP contribution in [0.15, 0.2) is 28.7 Å². The van der Waals surface area contributed by atoms with Gasteiger partial charge in [0, 0.05) is 29.6 Å². The first-order valence-corrected chi connectivity index (χ1v) is 9.20. The summed E-state index contributed by atoms with van der Waals surface area (Å²) < 4.78 is 0.977. The highest BCUT2D eigenvalue weighted by atomic mass is 79.9. The standard InChI is InChI=1S/C18H28BrN3O/c1-13-5-4-6-14(2)22(13)12-11-21-17(23)18(3,20)15-7-9-16(19)10-8-15/h7-10,13-14H,4-6,11-12,20H2,1-3H3,(H,21,23). The molecule has 1 heterocycles. The molecule has 1 amide bonds. The van der Waals surface area contributed by atoms with Crippen molar-refractivity contribution in [2.24, 2.45) is 5.73 Å². The lowest BCUT2D eigenvalue weighted by molar-refractivity contribution is -0.126. The average molecular weight is 382 g/mol. The highest BCUT2D eigenvalue weighted by Gasteiger charge is 2.31. The fraction of sp³-hybridized carbons (Fsp3) is 0.611. The predicted molar refractivity (Wildman–Crippen MR) is 98.2 cm³/mol. The van der Waals surface area contributed by atoms with Gasteiger partial charge in [-0.05, 0) is 51.3 Å². The van der Waals surface area contributed by atoms with Crippen LogP contribution in [0.2, 0.25) is 0 Å². The Hall–Kier alpha value is -0.910. The van der Waals surface area contributed by atoms with Gasteiger partial charge in [0.25, 0.3) is 0 Å². The summed E-state index contributed by atoms with van der Waals surface area (Å²) in [6.45, 7) is 7.82. The molecule has 5 heteroatoms. The van der Waals surface area contributed by atoms with E-state index < -0.39 is 5.54 Å². The minimum absolute atomic E-state index is 0.128. The number of carbonyl (C=O) groups excluding carboxylic acids is 1. The third kappa shape index (κ3) is 4.55. The van der Waals surface area contributed by atoms with Crippen LogP contribution in [0, 0.1) is 0 Å². The highest BCUT2D eigenvalue weighted by molar-refractivity contribution is 9.10. The zero-order chi connectivity index (χ0) is 17.0. The van der Waals surface area contributed by atoms with Gasteiger partial charge in [0.2, 0.25) is 5.91 Å². The first-order chi connectivity index (χ1) is 10.8. The van der Waals surface area contributed by atoms with Crippen molar-refractivity contribution in [3.05, 3.63) is 34.3 Å². The van der Waals surface area contributed by atoms with Crippen LogP contribution >= 0.6 is 15.9 Å². The van der Waals surface area contributed by atoms with Gasteiger partial charge in [-0.15, -0.1) is 0 Å². The Labute approximate surface area is 147 Å². The Morgan fingerprint density at radius 1 is 1.30 bits per heavy atom. The summed E-state index contributed by atoms with van der Waals surface area (Å²) in [6, 6.07) is 8.77. The molecule has 0 spiro atoms. The number of benzene rings is 1. The fourth-order valence-corrected chi connectivity index (χ4v) is 3.59. The Morgan fingerprint density at radius 2 is 1.87 bits per heavy atom. The molecule has 1 saturated heterocycles. The van der Waals surface area contributed by atoms with Crippen LogP contribution in [0.4, 0.5) is 0 Å². The number of amides is 1. The van der Waals surface area contributed by atoms with Gasteiger partial charge in [-0.2, -0.15) is 0 Å². The van der Waals surface area contributed by atoms with E-state index in [0.29, 0.717) is 18.6 Å². The number of nitrogens with two attached hydrogens (primary N) is 1. The second-order valence-corrected chi connectivity index (χ2v) is 7.75.